The zero-order valence-electron chi connectivity index (χ0n) is 11.5. The van der Waals surface area contributed by atoms with Crippen molar-refractivity contribution >= 4 is 43.5 Å². The van der Waals surface area contributed by atoms with Crippen molar-refractivity contribution in [2.75, 3.05) is 12.4 Å². The number of ether oxygens (including phenoxy) is 1. The third-order valence-electron chi connectivity index (χ3n) is 3.02. The topological polar surface area (TPSA) is 38.3 Å². The van der Waals surface area contributed by atoms with Crippen LogP contribution in [0.3, 0.4) is 0 Å². The number of carbonyl (C=O) groups is 1. The van der Waals surface area contributed by atoms with Gasteiger partial charge in [0.05, 0.1) is 12.8 Å². The minimum absolute atomic E-state index is 0.0280. The molecular formula is C16H15Br2NO2. The Morgan fingerprint density at radius 1 is 1.19 bits per heavy atom. The van der Waals surface area contributed by atoms with Crippen LogP contribution in [0.4, 0.5) is 5.69 Å². The first-order valence-electron chi connectivity index (χ1n) is 6.47. The Bertz CT molecular complexity index is 644. The van der Waals surface area contributed by atoms with Crippen molar-refractivity contribution in [2.45, 2.75) is 12.8 Å². The highest BCUT2D eigenvalue weighted by atomic mass is 79.9. The van der Waals surface area contributed by atoms with Crippen LogP contribution in [0.5, 0.6) is 5.75 Å². The summed E-state index contributed by atoms with van der Waals surface area (Å²) in [4.78, 5) is 12.1. The second-order valence-electron chi connectivity index (χ2n) is 4.48. The van der Waals surface area contributed by atoms with Crippen LogP contribution in [0.25, 0.3) is 0 Å². The normalized spacial score (nSPS) is 10.2. The first-order valence-corrected chi connectivity index (χ1v) is 8.05. The van der Waals surface area contributed by atoms with Gasteiger partial charge in [-0.15, -0.1) is 0 Å². The van der Waals surface area contributed by atoms with Gasteiger partial charge in [-0.25, -0.2) is 0 Å². The summed E-state index contributed by atoms with van der Waals surface area (Å²) in [5.41, 5.74) is 1.79. The Morgan fingerprint density at radius 2 is 1.95 bits per heavy atom. The number of para-hydroxylation sites is 1. The molecule has 0 aliphatic carbocycles. The fourth-order valence-electron chi connectivity index (χ4n) is 1.96. The van der Waals surface area contributed by atoms with Crippen LogP contribution in [0.2, 0.25) is 0 Å². The minimum Gasteiger partial charge on any atom is -0.496 e. The zero-order valence-corrected chi connectivity index (χ0v) is 14.7. The lowest BCUT2D eigenvalue weighted by atomic mass is 10.1. The van der Waals surface area contributed by atoms with Crippen molar-refractivity contribution in [1.82, 2.24) is 0 Å². The molecule has 0 radical (unpaired) electrons. The SMILES string of the molecule is COc1ccccc1CCC(=O)Nc1cc(Br)ccc1Br. The predicted octanol–water partition coefficient (Wildman–Crippen LogP) is 4.79. The van der Waals surface area contributed by atoms with Gasteiger partial charge < -0.3 is 10.1 Å². The van der Waals surface area contributed by atoms with E-state index in [-0.39, 0.29) is 5.91 Å². The average Bonchev–Trinajstić information content (AvgIpc) is 2.49. The molecule has 0 aromatic heterocycles. The number of methoxy groups -OCH3 is 1. The van der Waals surface area contributed by atoms with Crippen LogP contribution < -0.4 is 10.1 Å². The van der Waals surface area contributed by atoms with E-state index in [0.717, 1.165) is 25.9 Å². The molecule has 0 unspecified atom stereocenters. The van der Waals surface area contributed by atoms with E-state index in [1.54, 1.807) is 7.11 Å². The summed E-state index contributed by atoms with van der Waals surface area (Å²) in [6.45, 7) is 0. The molecule has 0 spiro atoms. The monoisotopic (exact) mass is 411 g/mol. The quantitative estimate of drug-likeness (QED) is 0.766. The third kappa shape index (κ3) is 4.58. The Labute approximate surface area is 141 Å². The van der Waals surface area contributed by atoms with E-state index in [4.69, 9.17) is 4.74 Å². The van der Waals surface area contributed by atoms with E-state index in [1.807, 2.05) is 42.5 Å². The highest BCUT2D eigenvalue weighted by Crippen LogP contribution is 2.26. The molecule has 21 heavy (non-hydrogen) atoms. The number of halogens is 2. The van der Waals surface area contributed by atoms with E-state index in [1.165, 1.54) is 0 Å². The first kappa shape index (κ1) is 16.0. The molecule has 2 aromatic rings. The van der Waals surface area contributed by atoms with E-state index in [9.17, 15) is 4.79 Å². The largest absolute Gasteiger partial charge is 0.496 e. The van der Waals surface area contributed by atoms with Gasteiger partial charge in [0.25, 0.3) is 0 Å². The third-order valence-corrected chi connectivity index (χ3v) is 4.20. The van der Waals surface area contributed by atoms with Gasteiger partial charge in [0.1, 0.15) is 5.75 Å². The number of aryl methyl sites for hydroxylation is 1. The fraction of sp³-hybridized carbons (Fsp3) is 0.188. The van der Waals surface area contributed by atoms with Crippen molar-refractivity contribution in [3.63, 3.8) is 0 Å². The lowest BCUT2D eigenvalue weighted by Crippen LogP contribution is -2.13. The summed E-state index contributed by atoms with van der Waals surface area (Å²) in [6, 6.07) is 13.4. The maximum absolute atomic E-state index is 12.1. The molecule has 0 aliphatic rings. The van der Waals surface area contributed by atoms with Crippen molar-refractivity contribution in [2.24, 2.45) is 0 Å². The number of hydrogen-bond donors (Lipinski definition) is 1. The highest BCUT2D eigenvalue weighted by Gasteiger charge is 2.08. The molecule has 0 saturated heterocycles. The molecule has 110 valence electrons. The molecule has 2 rings (SSSR count). The van der Waals surface area contributed by atoms with Gasteiger partial charge in [0.15, 0.2) is 0 Å². The van der Waals surface area contributed by atoms with E-state index >= 15 is 0 Å². The van der Waals surface area contributed by atoms with Gasteiger partial charge in [-0.1, -0.05) is 34.1 Å². The molecule has 2 aromatic carbocycles. The van der Waals surface area contributed by atoms with E-state index in [2.05, 4.69) is 37.2 Å². The van der Waals surface area contributed by atoms with Crippen molar-refractivity contribution < 1.29 is 9.53 Å². The molecule has 0 atom stereocenters. The molecular weight excluding hydrogens is 398 g/mol. The van der Waals surface area contributed by atoms with Crippen LogP contribution >= 0.6 is 31.9 Å². The Balaban J connectivity index is 1.97. The molecule has 5 heteroatoms. The number of carbonyl (C=O) groups excluding carboxylic acids is 1. The van der Waals surface area contributed by atoms with Crippen LogP contribution in [0.1, 0.15) is 12.0 Å². The lowest BCUT2D eigenvalue weighted by molar-refractivity contribution is -0.116. The predicted molar refractivity (Wildman–Crippen MR) is 91.8 cm³/mol. The van der Waals surface area contributed by atoms with Crippen LogP contribution in [-0.2, 0) is 11.2 Å². The lowest BCUT2D eigenvalue weighted by Gasteiger charge is -2.10. The summed E-state index contributed by atoms with van der Waals surface area (Å²) < 4.78 is 7.07. The second-order valence-corrected chi connectivity index (χ2v) is 6.25. The summed E-state index contributed by atoms with van der Waals surface area (Å²) in [7, 11) is 1.64. The maximum Gasteiger partial charge on any atom is 0.224 e. The smallest absolute Gasteiger partial charge is 0.224 e. The number of anilines is 1. The van der Waals surface area contributed by atoms with Crippen LogP contribution in [0, 0.1) is 0 Å². The molecule has 0 heterocycles. The first-order chi connectivity index (χ1) is 10.1. The highest BCUT2D eigenvalue weighted by molar-refractivity contribution is 9.11. The van der Waals surface area contributed by atoms with Gasteiger partial charge in [-0.2, -0.15) is 0 Å². The molecule has 3 nitrogen and oxygen atoms in total. The number of benzene rings is 2. The number of rotatable bonds is 5. The average molecular weight is 413 g/mol. The van der Waals surface area contributed by atoms with Gasteiger partial charge >= 0.3 is 0 Å². The maximum atomic E-state index is 12.1. The number of nitrogens with one attached hydrogen (secondary N) is 1. The Morgan fingerprint density at radius 3 is 2.71 bits per heavy atom. The van der Waals surface area contributed by atoms with Gasteiger partial charge in [0, 0.05) is 15.4 Å². The minimum atomic E-state index is -0.0280. The Hall–Kier alpha value is -1.33. The van der Waals surface area contributed by atoms with Crippen molar-refractivity contribution in [3.05, 3.63) is 57.0 Å². The fourth-order valence-corrected chi connectivity index (χ4v) is 2.67. The standard InChI is InChI=1S/C16H15Br2NO2/c1-21-15-5-3-2-4-11(15)6-9-16(20)19-14-10-12(17)7-8-13(14)18/h2-5,7-8,10H,6,9H2,1H3,(H,19,20). The number of amides is 1. The summed E-state index contributed by atoms with van der Waals surface area (Å²) in [6.07, 6.45) is 1.04. The van der Waals surface area contributed by atoms with Gasteiger partial charge in [-0.05, 0) is 52.2 Å². The summed E-state index contributed by atoms with van der Waals surface area (Å²) >= 11 is 6.81. The van der Waals surface area contributed by atoms with Gasteiger partial charge in [-0.3, -0.25) is 4.79 Å². The van der Waals surface area contributed by atoms with E-state index < -0.39 is 0 Å². The molecule has 0 bridgehead atoms. The van der Waals surface area contributed by atoms with E-state index in [0.29, 0.717) is 12.8 Å². The van der Waals surface area contributed by atoms with Gasteiger partial charge in [0.2, 0.25) is 5.91 Å². The van der Waals surface area contributed by atoms with Crippen molar-refractivity contribution in [1.29, 1.82) is 0 Å². The molecule has 0 aliphatic heterocycles. The molecule has 0 saturated carbocycles. The number of hydrogen-bond acceptors (Lipinski definition) is 2. The van der Waals surface area contributed by atoms with Crippen LogP contribution in [-0.4, -0.2) is 13.0 Å². The molecule has 0 fully saturated rings. The summed E-state index contributed by atoms with van der Waals surface area (Å²) in [5.74, 6) is 0.786. The second kappa shape index (κ2) is 7.61. The Kier molecular flexibility index (Phi) is 5.82. The summed E-state index contributed by atoms with van der Waals surface area (Å²) in [5, 5.41) is 2.90. The molecule has 1 amide bonds. The zero-order chi connectivity index (χ0) is 15.2. The van der Waals surface area contributed by atoms with Crippen LogP contribution in [0.15, 0.2) is 51.4 Å². The molecule has 1 N–H and O–H groups in total. The van der Waals surface area contributed by atoms with Crippen molar-refractivity contribution in [3.8, 4) is 5.75 Å².